The highest BCUT2D eigenvalue weighted by atomic mass is 35.5. The summed E-state index contributed by atoms with van der Waals surface area (Å²) in [5.41, 5.74) is -0.0626. The fourth-order valence-electron chi connectivity index (χ4n) is 1.22. The lowest BCUT2D eigenvalue weighted by Gasteiger charge is -2.03. The number of rotatable bonds is 1. The minimum absolute atomic E-state index is 0.0462. The molecule has 2 aromatic rings. The Morgan fingerprint density at radius 2 is 1.73 bits per heavy atom. The largest absolute Gasteiger partial charge is 0.226 e. The average molecular weight is 227 g/mol. The maximum Gasteiger partial charge on any atom is 0.222 e. The molecular weight excluding hydrogens is 222 g/mol. The second kappa shape index (κ2) is 3.90. The van der Waals surface area contributed by atoms with Gasteiger partial charge in [0.15, 0.2) is 0 Å². The highest BCUT2D eigenvalue weighted by Gasteiger charge is 2.12. The van der Waals surface area contributed by atoms with Crippen LogP contribution >= 0.6 is 11.6 Å². The SMILES string of the molecule is Fc1cccc(F)c1-c1ccnc(Cl)n1. The van der Waals surface area contributed by atoms with Crippen molar-refractivity contribution < 1.29 is 8.78 Å². The molecule has 0 spiro atoms. The van der Waals surface area contributed by atoms with Crippen molar-refractivity contribution in [2.45, 2.75) is 0 Å². The Hall–Kier alpha value is -1.55. The van der Waals surface area contributed by atoms with E-state index in [1.54, 1.807) is 0 Å². The zero-order valence-electron chi connectivity index (χ0n) is 7.42. The van der Waals surface area contributed by atoms with Crippen molar-refractivity contribution in [2.24, 2.45) is 0 Å². The second-order valence-electron chi connectivity index (χ2n) is 2.81. The number of benzene rings is 1. The molecule has 76 valence electrons. The van der Waals surface area contributed by atoms with Gasteiger partial charge in [0.2, 0.25) is 5.28 Å². The van der Waals surface area contributed by atoms with E-state index in [0.29, 0.717) is 0 Å². The summed E-state index contributed by atoms with van der Waals surface area (Å²) >= 11 is 5.53. The van der Waals surface area contributed by atoms with Gasteiger partial charge in [-0.15, -0.1) is 0 Å². The molecule has 0 unspecified atom stereocenters. The van der Waals surface area contributed by atoms with Crippen LogP contribution in [0.25, 0.3) is 11.3 Å². The summed E-state index contributed by atoms with van der Waals surface area (Å²) in [6.07, 6.45) is 1.34. The Morgan fingerprint density at radius 1 is 1.07 bits per heavy atom. The van der Waals surface area contributed by atoms with Gasteiger partial charge in [-0.05, 0) is 29.8 Å². The molecule has 0 aliphatic rings. The zero-order chi connectivity index (χ0) is 10.8. The van der Waals surface area contributed by atoms with Crippen molar-refractivity contribution in [3.8, 4) is 11.3 Å². The fourth-order valence-corrected chi connectivity index (χ4v) is 1.36. The van der Waals surface area contributed by atoms with E-state index in [-0.39, 0.29) is 16.5 Å². The first-order valence-electron chi connectivity index (χ1n) is 4.11. The molecule has 0 amide bonds. The van der Waals surface area contributed by atoms with E-state index < -0.39 is 11.6 Å². The maximum atomic E-state index is 13.3. The number of aromatic nitrogens is 2. The van der Waals surface area contributed by atoms with Crippen LogP contribution < -0.4 is 0 Å². The normalized spacial score (nSPS) is 10.3. The molecule has 0 fully saturated rings. The van der Waals surface area contributed by atoms with Crippen LogP contribution in [0.3, 0.4) is 0 Å². The third kappa shape index (κ3) is 1.94. The summed E-state index contributed by atoms with van der Waals surface area (Å²) in [4.78, 5) is 7.37. The molecule has 0 saturated carbocycles. The van der Waals surface area contributed by atoms with Gasteiger partial charge in [0.05, 0.1) is 11.3 Å². The quantitative estimate of drug-likeness (QED) is 0.699. The van der Waals surface area contributed by atoms with E-state index in [1.165, 1.54) is 18.3 Å². The number of hydrogen-bond acceptors (Lipinski definition) is 2. The van der Waals surface area contributed by atoms with Gasteiger partial charge in [-0.25, -0.2) is 18.7 Å². The van der Waals surface area contributed by atoms with Gasteiger partial charge in [0.1, 0.15) is 11.6 Å². The smallest absolute Gasteiger partial charge is 0.222 e. The van der Waals surface area contributed by atoms with Crippen molar-refractivity contribution in [1.29, 1.82) is 0 Å². The van der Waals surface area contributed by atoms with Gasteiger partial charge >= 0.3 is 0 Å². The summed E-state index contributed by atoms with van der Waals surface area (Å²) in [5.74, 6) is -1.35. The highest BCUT2D eigenvalue weighted by molar-refractivity contribution is 6.28. The molecule has 5 heteroatoms. The first-order chi connectivity index (χ1) is 7.18. The molecule has 0 aliphatic heterocycles. The van der Waals surface area contributed by atoms with Crippen molar-refractivity contribution >= 4 is 11.6 Å². The summed E-state index contributed by atoms with van der Waals surface area (Å²) in [5, 5.41) is -0.0462. The molecule has 1 aromatic carbocycles. The summed E-state index contributed by atoms with van der Waals surface area (Å²) in [6.45, 7) is 0. The van der Waals surface area contributed by atoms with Gasteiger partial charge < -0.3 is 0 Å². The van der Waals surface area contributed by atoms with Crippen LogP contribution in [0.15, 0.2) is 30.5 Å². The van der Waals surface area contributed by atoms with Crippen LogP contribution in [-0.4, -0.2) is 9.97 Å². The Bertz CT molecular complexity index is 482. The second-order valence-corrected chi connectivity index (χ2v) is 3.15. The first kappa shape index (κ1) is 9.98. The topological polar surface area (TPSA) is 25.8 Å². The van der Waals surface area contributed by atoms with E-state index >= 15 is 0 Å². The standard InChI is InChI=1S/C10H5ClF2N2/c11-10-14-5-4-8(15-10)9-6(12)2-1-3-7(9)13/h1-5H. The molecule has 2 rings (SSSR count). The lowest BCUT2D eigenvalue weighted by molar-refractivity contribution is 0.588. The Morgan fingerprint density at radius 3 is 2.33 bits per heavy atom. The van der Waals surface area contributed by atoms with Crippen molar-refractivity contribution in [3.63, 3.8) is 0 Å². The van der Waals surface area contributed by atoms with E-state index in [9.17, 15) is 8.78 Å². The van der Waals surface area contributed by atoms with Gasteiger partial charge in [0.25, 0.3) is 0 Å². The van der Waals surface area contributed by atoms with Crippen LogP contribution in [0.2, 0.25) is 5.28 Å². The highest BCUT2D eigenvalue weighted by Crippen LogP contribution is 2.24. The molecule has 0 bridgehead atoms. The third-order valence-corrected chi connectivity index (χ3v) is 2.03. The Labute approximate surface area is 89.6 Å². The molecule has 0 atom stereocenters. The monoisotopic (exact) mass is 226 g/mol. The van der Waals surface area contributed by atoms with Gasteiger partial charge in [0, 0.05) is 6.20 Å². The van der Waals surface area contributed by atoms with Crippen LogP contribution in [0, 0.1) is 11.6 Å². The number of halogens is 3. The molecule has 0 radical (unpaired) electrons. The Kier molecular flexibility index (Phi) is 2.60. The van der Waals surface area contributed by atoms with E-state index in [4.69, 9.17) is 11.6 Å². The average Bonchev–Trinajstić information content (AvgIpc) is 2.17. The van der Waals surface area contributed by atoms with Crippen LogP contribution in [0.5, 0.6) is 0 Å². The van der Waals surface area contributed by atoms with E-state index in [2.05, 4.69) is 9.97 Å². The van der Waals surface area contributed by atoms with E-state index in [1.807, 2.05) is 0 Å². The van der Waals surface area contributed by atoms with Crippen molar-refractivity contribution in [1.82, 2.24) is 9.97 Å². The number of hydrogen-bond donors (Lipinski definition) is 0. The van der Waals surface area contributed by atoms with Crippen LogP contribution in [-0.2, 0) is 0 Å². The summed E-state index contributed by atoms with van der Waals surface area (Å²) in [7, 11) is 0. The first-order valence-corrected chi connectivity index (χ1v) is 4.49. The fraction of sp³-hybridized carbons (Fsp3) is 0. The van der Waals surface area contributed by atoms with E-state index in [0.717, 1.165) is 12.1 Å². The summed E-state index contributed by atoms with van der Waals surface area (Å²) < 4.78 is 26.6. The molecule has 0 N–H and O–H groups in total. The molecule has 0 saturated heterocycles. The molecule has 1 heterocycles. The van der Waals surface area contributed by atoms with Crippen molar-refractivity contribution in [2.75, 3.05) is 0 Å². The van der Waals surface area contributed by atoms with Gasteiger partial charge in [-0.3, -0.25) is 0 Å². The summed E-state index contributed by atoms with van der Waals surface area (Å²) in [6, 6.07) is 5.01. The zero-order valence-corrected chi connectivity index (χ0v) is 8.17. The van der Waals surface area contributed by atoms with Crippen LogP contribution in [0.4, 0.5) is 8.78 Å². The minimum Gasteiger partial charge on any atom is -0.226 e. The van der Waals surface area contributed by atoms with Crippen LogP contribution in [0.1, 0.15) is 0 Å². The third-order valence-electron chi connectivity index (χ3n) is 1.85. The predicted molar refractivity (Wildman–Crippen MR) is 52.4 cm³/mol. The minimum atomic E-state index is -0.676. The lowest BCUT2D eigenvalue weighted by atomic mass is 10.1. The molecule has 1 aromatic heterocycles. The molecular formula is C10H5ClF2N2. The molecule has 2 nitrogen and oxygen atoms in total. The van der Waals surface area contributed by atoms with Gasteiger partial charge in [-0.2, -0.15) is 0 Å². The predicted octanol–water partition coefficient (Wildman–Crippen LogP) is 3.08. The lowest BCUT2D eigenvalue weighted by Crippen LogP contribution is -1.93. The molecule has 0 aliphatic carbocycles. The molecule has 15 heavy (non-hydrogen) atoms. The van der Waals surface area contributed by atoms with Gasteiger partial charge in [-0.1, -0.05) is 6.07 Å². The van der Waals surface area contributed by atoms with Crippen molar-refractivity contribution in [3.05, 3.63) is 47.4 Å². The Balaban J connectivity index is 2.63. The maximum absolute atomic E-state index is 13.3. The number of nitrogens with zero attached hydrogens (tertiary/aromatic N) is 2.